The third-order valence-corrected chi connectivity index (χ3v) is 6.41. The van der Waals surface area contributed by atoms with Crippen molar-refractivity contribution in [3.05, 3.63) is 63.9 Å². The van der Waals surface area contributed by atoms with E-state index >= 15 is 0 Å². The predicted octanol–water partition coefficient (Wildman–Crippen LogP) is 4.92. The van der Waals surface area contributed by atoms with Crippen molar-refractivity contribution in [2.75, 3.05) is 5.32 Å². The van der Waals surface area contributed by atoms with Gasteiger partial charge in [0.15, 0.2) is 0 Å². The van der Waals surface area contributed by atoms with Crippen molar-refractivity contribution in [2.45, 2.75) is 46.8 Å². The molecule has 0 fully saturated rings. The smallest absolute Gasteiger partial charge is 0.254 e. The minimum Gasteiger partial charge on any atom is -0.472 e. The summed E-state index contributed by atoms with van der Waals surface area (Å²) < 4.78 is 8.10. The number of pyridine rings is 1. The fraction of sp³-hybridized carbons (Fsp3) is 0.292. The molecule has 1 aliphatic rings. The summed E-state index contributed by atoms with van der Waals surface area (Å²) in [5, 5.41) is 17.8. The SMILES string of the molecule is CC/C(C(=O)Nc1nnc(C)s1)=C1\c2cc3cnn(C(C)C)c3cc2COc2ncccc21. The van der Waals surface area contributed by atoms with Gasteiger partial charge in [-0.1, -0.05) is 18.3 Å². The van der Waals surface area contributed by atoms with Crippen molar-refractivity contribution in [1.82, 2.24) is 25.0 Å². The maximum atomic E-state index is 13.4. The first-order valence-electron chi connectivity index (χ1n) is 10.9. The molecule has 0 unspecified atom stereocenters. The van der Waals surface area contributed by atoms with Crippen LogP contribution in [0.2, 0.25) is 0 Å². The lowest BCUT2D eigenvalue weighted by molar-refractivity contribution is -0.112. The molecule has 0 aliphatic carbocycles. The summed E-state index contributed by atoms with van der Waals surface area (Å²) in [6.45, 7) is 8.40. The Labute approximate surface area is 195 Å². The first kappa shape index (κ1) is 21.3. The van der Waals surface area contributed by atoms with Gasteiger partial charge in [0.1, 0.15) is 11.6 Å². The summed E-state index contributed by atoms with van der Waals surface area (Å²) in [5.74, 6) is 0.313. The Morgan fingerprint density at radius 1 is 1.27 bits per heavy atom. The monoisotopic (exact) mass is 460 g/mol. The van der Waals surface area contributed by atoms with Crippen LogP contribution in [0.5, 0.6) is 5.88 Å². The minimum absolute atomic E-state index is 0.204. The molecule has 0 saturated carbocycles. The van der Waals surface area contributed by atoms with Gasteiger partial charge in [-0.05, 0) is 62.6 Å². The third-order valence-electron chi connectivity index (χ3n) is 5.66. The van der Waals surface area contributed by atoms with Crippen molar-refractivity contribution in [3.8, 4) is 5.88 Å². The fourth-order valence-electron chi connectivity index (χ4n) is 4.18. The van der Waals surface area contributed by atoms with Gasteiger partial charge in [0.25, 0.3) is 5.91 Å². The molecule has 8 nitrogen and oxygen atoms in total. The molecule has 9 heteroatoms. The average Bonchev–Trinajstić information content (AvgIpc) is 3.36. The van der Waals surface area contributed by atoms with Gasteiger partial charge < -0.3 is 4.74 Å². The Morgan fingerprint density at radius 3 is 2.85 bits per heavy atom. The van der Waals surface area contributed by atoms with E-state index in [0.29, 0.717) is 29.6 Å². The second-order valence-corrected chi connectivity index (χ2v) is 9.36. The highest BCUT2D eigenvalue weighted by Crippen LogP contribution is 2.40. The Hall–Kier alpha value is -3.59. The molecule has 0 spiro atoms. The van der Waals surface area contributed by atoms with Gasteiger partial charge in [-0.25, -0.2) is 4.98 Å². The molecule has 33 heavy (non-hydrogen) atoms. The second kappa shape index (κ2) is 8.40. The number of amides is 1. The van der Waals surface area contributed by atoms with Gasteiger partial charge in [-0.3, -0.25) is 14.8 Å². The number of anilines is 1. The molecule has 1 aromatic carbocycles. The molecule has 0 bridgehead atoms. The molecule has 5 rings (SSSR count). The van der Waals surface area contributed by atoms with Crippen LogP contribution in [-0.4, -0.2) is 30.9 Å². The van der Waals surface area contributed by atoms with E-state index in [1.165, 1.54) is 11.3 Å². The number of benzene rings is 1. The summed E-state index contributed by atoms with van der Waals surface area (Å²) in [6, 6.07) is 8.26. The summed E-state index contributed by atoms with van der Waals surface area (Å²) in [5.41, 5.74) is 5.25. The number of aryl methyl sites for hydroxylation is 1. The molecule has 0 radical (unpaired) electrons. The van der Waals surface area contributed by atoms with E-state index in [1.54, 1.807) is 6.20 Å². The van der Waals surface area contributed by atoms with Crippen LogP contribution in [-0.2, 0) is 11.4 Å². The number of nitrogens with zero attached hydrogens (tertiary/aromatic N) is 5. The number of hydrogen-bond acceptors (Lipinski definition) is 7. The predicted molar refractivity (Wildman–Crippen MR) is 128 cm³/mol. The number of carbonyl (C=O) groups is 1. The van der Waals surface area contributed by atoms with Crippen LogP contribution in [0.1, 0.15) is 54.9 Å². The van der Waals surface area contributed by atoms with E-state index in [-0.39, 0.29) is 11.9 Å². The van der Waals surface area contributed by atoms with Crippen molar-refractivity contribution < 1.29 is 9.53 Å². The van der Waals surface area contributed by atoms with E-state index in [1.807, 2.05) is 36.9 Å². The van der Waals surface area contributed by atoms with Crippen molar-refractivity contribution >= 4 is 38.9 Å². The minimum atomic E-state index is -0.204. The molecule has 3 aromatic heterocycles. The van der Waals surface area contributed by atoms with Crippen LogP contribution in [0.15, 0.2) is 42.2 Å². The van der Waals surface area contributed by atoms with E-state index in [4.69, 9.17) is 4.74 Å². The van der Waals surface area contributed by atoms with Crippen LogP contribution in [0.3, 0.4) is 0 Å². The lowest BCUT2D eigenvalue weighted by atomic mass is 9.89. The van der Waals surface area contributed by atoms with Crippen LogP contribution in [0.25, 0.3) is 16.5 Å². The van der Waals surface area contributed by atoms with Gasteiger partial charge >= 0.3 is 0 Å². The highest BCUT2D eigenvalue weighted by Gasteiger charge is 2.27. The fourth-order valence-corrected chi connectivity index (χ4v) is 4.77. The van der Waals surface area contributed by atoms with Gasteiger partial charge in [0.2, 0.25) is 11.0 Å². The van der Waals surface area contributed by atoms with Crippen LogP contribution in [0, 0.1) is 6.92 Å². The zero-order valence-corrected chi connectivity index (χ0v) is 19.7. The maximum Gasteiger partial charge on any atom is 0.254 e. The van der Waals surface area contributed by atoms with E-state index in [9.17, 15) is 4.79 Å². The van der Waals surface area contributed by atoms with E-state index in [0.717, 1.165) is 38.2 Å². The molecule has 0 atom stereocenters. The zero-order chi connectivity index (χ0) is 23.1. The molecular formula is C24H24N6O2S. The first-order chi connectivity index (χ1) is 16.0. The normalized spacial score (nSPS) is 14.5. The summed E-state index contributed by atoms with van der Waals surface area (Å²) in [7, 11) is 0. The second-order valence-electron chi connectivity index (χ2n) is 8.18. The average molecular weight is 461 g/mol. The quantitative estimate of drug-likeness (QED) is 0.435. The highest BCUT2D eigenvalue weighted by atomic mass is 32.1. The molecule has 4 aromatic rings. The van der Waals surface area contributed by atoms with Gasteiger partial charge in [-0.2, -0.15) is 5.10 Å². The third kappa shape index (κ3) is 3.78. The number of nitrogens with one attached hydrogen (secondary N) is 1. The lowest BCUT2D eigenvalue weighted by Gasteiger charge is -2.16. The van der Waals surface area contributed by atoms with Crippen LogP contribution < -0.4 is 10.1 Å². The van der Waals surface area contributed by atoms with Gasteiger partial charge in [-0.15, -0.1) is 10.2 Å². The Balaban J connectivity index is 1.74. The van der Waals surface area contributed by atoms with E-state index < -0.39 is 0 Å². The van der Waals surface area contributed by atoms with Crippen LogP contribution in [0.4, 0.5) is 5.13 Å². The van der Waals surface area contributed by atoms with Crippen LogP contribution >= 0.6 is 11.3 Å². The number of rotatable bonds is 4. The van der Waals surface area contributed by atoms with Crippen molar-refractivity contribution in [3.63, 3.8) is 0 Å². The topological polar surface area (TPSA) is 94.8 Å². The first-order valence-corrected chi connectivity index (χ1v) is 11.7. The van der Waals surface area contributed by atoms with Gasteiger partial charge in [0.05, 0.1) is 11.7 Å². The number of fused-ring (bicyclic) bond motifs is 3. The van der Waals surface area contributed by atoms with E-state index in [2.05, 4.69) is 51.6 Å². The number of carbonyl (C=O) groups excluding carboxylic acids is 1. The molecule has 1 aliphatic heterocycles. The molecule has 168 valence electrons. The Bertz CT molecular complexity index is 1400. The zero-order valence-electron chi connectivity index (χ0n) is 18.9. The number of ether oxygens (including phenoxy) is 1. The number of hydrogen-bond donors (Lipinski definition) is 1. The van der Waals surface area contributed by atoms with Gasteiger partial charge in [0, 0.05) is 34.3 Å². The Morgan fingerprint density at radius 2 is 2.12 bits per heavy atom. The number of aromatic nitrogens is 5. The largest absolute Gasteiger partial charge is 0.472 e. The summed E-state index contributed by atoms with van der Waals surface area (Å²) >= 11 is 1.35. The standard InChI is InChI=1S/C24H24N6O2S/c1-5-17(22(31)27-24-29-28-14(4)33-24)21-18-7-6-8-25-23(18)32-12-16-10-20-15(9-19(16)21)11-26-30(20)13(2)3/h6-11,13H,5,12H2,1-4H3,(H,27,29,31)/b21-17+. The molecule has 1 amide bonds. The molecule has 1 N–H and O–H groups in total. The highest BCUT2D eigenvalue weighted by molar-refractivity contribution is 7.15. The maximum absolute atomic E-state index is 13.4. The van der Waals surface area contributed by atoms with Crippen molar-refractivity contribution in [1.29, 1.82) is 0 Å². The molecule has 0 saturated heterocycles. The summed E-state index contributed by atoms with van der Waals surface area (Å²) in [4.78, 5) is 17.9. The molecule has 4 heterocycles. The lowest BCUT2D eigenvalue weighted by Crippen LogP contribution is -2.16. The summed E-state index contributed by atoms with van der Waals surface area (Å²) in [6.07, 6.45) is 4.10. The van der Waals surface area contributed by atoms with Crippen molar-refractivity contribution in [2.24, 2.45) is 0 Å². The molecular weight excluding hydrogens is 436 g/mol. The Kier molecular flexibility index (Phi) is 5.41.